The number of hydrogen-bond acceptors (Lipinski definition) is 3. The molecule has 0 aliphatic rings. The summed E-state index contributed by atoms with van der Waals surface area (Å²) in [6, 6.07) is 29.3. The highest BCUT2D eigenvalue weighted by atomic mass is 16.3. The fourth-order valence-electron chi connectivity index (χ4n) is 5.99. The molecule has 1 N–H and O–H groups in total. The van der Waals surface area contributed by atoms with Crippen molar-refractivity contribution in [2.24, 2.45) is 7.05 Å². The number of aryl methyl sites for hydroxylation is 3. The summed E-state index contributed by atoms with van der Waals surface area (Å²) in [6.45, 7) is 9.00. The fourth-order valence-corrected chi connectivity index (χ4v) is 5.99. The highest BCUT2D eigenvalue weighted by Crippen LogP contribution is 2.36. The molecule has 2 aromatic heterocycles. The van der Waals surface area contributed by atoms with Crippen LogP contribution >= 0.6 is 0 Å². The van der Waals surface area contributed by atoms with Crippen LogP contribution in [0.15, 0.2) is 97.3 Å². The molecule has 212 valence electrons. The van der Waals surface area contributed by atoms with E-state index in [-0.39, 0.29) is 0 Å². The summed E-state index contributed by atoms with van der Waals surface area (Å²) in [5.41, 5.74) is 9.82. The average molecular weight is 555 g/mol. The molecule has 6 rings (SSSR count). The molecule has 0 radical (unpaired) electrons. The van der Waals surface area contributed by atoms with Crippen LogP contribution in [0.25, 0.3) is 39.5 Å². The summed E-state index contributed by atoms with van der Waals surface area (Å²) in [5.74, 6) is 2.81. The van der Waals surface area contributed by atoms with Crippen molar-refractivity contribution in [3.05, 3.63) is 120 Å². The predicted octanol–water partition coefficient (Wildman–Crippen LogP) is 8.83. The van der Waals surface area contributed by atoms with E-state index in [0.29, 0.717) is 17.6 Å². The lowest BCUT2D eigenvalue weighted by molar-refractivity contribution is 0.469. The van der Waals surface area contributed by atoms with Gasteiger partial charge in [0.05, 0.1) is 22.3 Å². The van der Waals surface area contributed by atoms with E-state index < -0.39 is 0 Å². The minimum absolute atomic E-state index is 0.300. The van der Waals surface area contributed by atoms with Crippen LogP contribution in [0.1, 0.15) is 61.8 Å². The SMILES string of the molecule is CC(C)c1cccc(C(C)C)c1-n1ccnc1-c1cccc(CCc2cccc(-c3nc4ccccc4n3C)c2O)c1. The van der Waals surface area contributed by atoms with Gasteiger partial charge in [-0.2, -0.15) is 0 Å². The highest BCUT2D eigenvalue weighted by Gasteiger charge is 2.19. The van der Waals surface area contributed by atoms with Gasteiger partial charge in [0.25, 0.3) is 0 Å². The zero-order valence-corrected chi connectivity index (χ0v) is 25.0. The highest BCUT2D eigenvalue weighted by molar-refractivity contribution is 5.82. The topological polar surface area (TPSA) is 55.9 Å². The third-order valence-electron chi connectivity index (χ3n) is 8.24. The number of benzene rings is 4. The fraction of sp³-hybridized carbons (Fsp3) is 0.243. The van der Waals surface area contributed by atoms with Crippen LogP contribution in [-0.2, 0) is 19.9 Å². The van der Waals surface area contributed by atoms with Gasteiger partial charge < -0.3 is 9.67 Å². The third kappa shape index (κ3) is 5.00. The van der Waals surface area contributed by atoms with E-state index in [2.05, 4.69) is 87.0 Å². The van der Waals surface area contributed by atoms with Gasteiger partial charge in [0, 0.05) is 25.0 Å². The maximum atomic E-state index is 11.3. The van der Waals surface area contributed by atoms with E-state index in [0.717, 1.165) is 52.2 Å². The lowest BCUT2D eigenvalue weighted by Crippen LogP contribution is -2.08. The van der Waals surface area contributed by atoms with Crippen LogP contribution in [0, 0.1) is 0 Å². The van der Waals surface area contributed by atoms with Crippen LogP contribution in [0.5, 0.6) is 5.75 Å². The van der Waals surface area contributed by atoms with Gasteiger partial charge in [0.1, 0.15) is 17.4 Å². The number of hydrogen-bond donors (Lipinski definition) is 1. The molecule has 4 aromatic carbocycles. The Labute approximate surface area is 248 Å². The van der Waals surface area contributed by atoms with Crippen molar-refractivity contribution < 1.29 is 5.11 Å². The quantitative estimate of drug-likeness (QED) is 0.204. The second-order valence-electron chi connectivity index (χ2n) is 11.7. The number of rotatable bonds is 8. The Bertz CT molecular complexity index is 1850. The minimum atomic E-state index is 0.300. The van der Waals surface area contributed by atoms with Gasteiger partial charge in [-0.25, -0.2) is 9.97 Å². The predicted molar refractivity (Wildman–Crippen MR) is 172 cm³/mol. The molecule has 0 amide bonds. The molecular weight excluding hydrogens is 516 g/mol. The second kappa shape index (κ2) is 11.3. The van der Waals surface area contributed by atoms with Gasteiger partial charge in [0.2, 0.25) is 0 Å². The monoisotopic (exact) mass is 554 g/mol. The zero-order valence-electron chi connectivity index (χ0n) is 25.0. The van der Waals surface area contributed by atoms with Crippen molar-refractivity contribution >= 4 is 11.0 Å². The molecule has 42 heavy (non-hydrogen) atoms. The molecule has 2 heterocycles. The van der Waals surface area contributed by atoms with Gasteiger partial charge in [-0.05, 0) is 71.2 Å². The van der Waals surface area contributed by atoms with Crippen LogP contribution < -0.4 is 0 Å². The smallest absolute Gasteiger partial charge is 0.144 e. The Morgan fingerprint density at radius 2 is 1.48 bits per heavy atom. The van der Waals surface area contributed by atoms with Crippen molar-refractivity contribution in [1.82, 2.24) is 19.1 Å². The van der Waals surface area contributed by atoms with E-state index in [1.165, 1.54) is 22.4 Å². The van der Waals surface area contributed by atoms with Crippen LogP contribution in [0.3, 0.4) is 0 Å². The number of fused-ring (bicyclic) bond motifs is 1. The summed E-state index contributed by atoms with van der Waals surface area (Å²) in [4.78, 5) is 9.63. The number of aromatic hydroxyl groups is 1. The molecule has 0 saturated heterocycles. The summed E-state index contributed by atoms with van der Waals surface area (Å²) in [6.07, 6.45) is 5.50. The largest absolute Gasteiger partial charge is 0.507 e. The summed E-state index contributed by atoms with van der Waals surface area (Å²) < 4.78 is 4.30. The van der Waals surface area contributed by atoms with Crippen LogP contribution in [0.2, 0.25) is 0 Å². The number of nitrogens with zero attached hydrogens (tertiary/aromatic N) is 4. The molecule has 6 aromatic rings. The number of aromatic nitrogens is 4. The van der Waals surface area contributed by atoms with Gasteiger partial charge >= 0.3 is 0 Å². The Morgan fingerprint density at radius 3 is 2.21 bits per heavy atom. The molecule has 5 heteroatoms. The number of phenols is 1. The molecule has 0 spiro atoms. The molecule has 0 saturated carbocycles. The molecule has 0 unspecified atom stereocenters. The number of para-hydroxylation sites is 4. The van der Waals surface area contributed by atoms with E-state index in [1.54, 1.807) is 0 Å². The summed E-state index contributed by atoms with van der Waals surface area (Å²) in [5, 5.41) is 11.3. The van der Waals surface area contributed by atoms with Gasteiger partial charge in [-0.1, -0.05) is 88.4 Å². The Balaban J connectivity index is 1.30. The van der Waals surface area contributed by atoms with Crippen LogP contribution in [-0.4, -0.2) is 24.2 Å². The zero-order chi connectivity index (χ0) is 29.4. The van der Waals surface area contributed by atoms with Crippen molar-refractivity contribution in [1.29, 1.82) is 0 Å². The van der Waals surface area contributed by atoms with Gasteiger partial charge in [-0.3, -0.25) is 4.57 Å². The first-order valence-electron chi connectivity index (χ1n) is 14.8. The Kier molecular flexibility index (Phi) is 7.42. The van der Waals surface area contributed by atoms with Crippen molar-refractivity contribution in [2.75, 3.05) is 0 Å². The molecule has 5 nitrogen and oxygen atoms in total. The van der Waals surface area contributed by atoms with E-state index in [1.807, 2.05) is 54.2 Å². The first-order chi connectivity index (χ1) is 20.3. The standard InChI is InChI=1S/C37H38N4O/c1-24(2)29-14-10-15-30(25(3)4)34(29)41-22-21-38-36(41)28-13-8-11-26(23-28)19-20-27-12-9-16-31(35(27)42)37-39-32-17-6-7-18-33(32)40(37)5/h6-18,21-25,42H,19-20H2,1-5H3. The van der Waals surface area contributed by atoms with Crippen LogP contribution in [0.4, 0.5) is 0 Å². The van der Waals surface area contributed by atoms with E-state index >= 15 is 0 Å². The molecule has 0 aliphatic carbocycles. The van der Waals surface area contributed by atoms with Crippen molar-refractivity contribution in [3.8, 4) is 34.2 Å². The lowest BCUT2D eigenvalue weighted by Gasteiger charge is -2.22. The molecular formula is C37H38N4O. The Hall–Kier alpha value is -4.64. The summed E-state index contributed by atoms with van der Waals surface area (Å²) >= 11 is 0. The first-order valence-corrected chi connectivity index (χ1v) is 14.8. The van der Waals surface area contributed by atoms with Crippen molar-refractivity contribution in [2.45, 2.75) is 52.4 Å². The molecule has 0 fully saturated rings. The number of phenolic OH excluding ortho intramolecular Hbond substituents is 1. The third-order valence-corrected chi connectivity index (χ3v) is 8.24. The van der Waals surface area contributed by atoms with Gasteiger partial charge in [-0.15, -0.1) is 0 Å². The molecule has 0 aliphatic heterocycles. The normalized spacial score (nSPS) is 11.7. The second-order valence-corrected chi connectivity index (χ2v) is 11.7. The maximum Gasteiger partial charge on any atom is 0.144 e. The average Bonchev–Trinajstić information content (AvgIpc) is 3.61. The lowest BCUT2D eigenvalue weighted by atomic mass is 9.92. The molecule has 0 atom stereocenters. The maximum absolute atomic E-state index is 11.3. The first kappa shape index (κ1) is 27.5. The summed E-state index contributed by atoms with van der Waals surface area (Å²) in [7, 11) is 2.00. The van der Waals surface area contributed by atoms with Crippen molar-refractivity contribution in [3.63, 3.8) is 0 Å². The minimum Gasteiger partial charge on any atom is -0.507 e. The molecule has 0 bridgehead atoms. The number of imidazole rings is 2. The van der Waals surface area contributed by atoms with E-state index in [9.17, 15) is 5.11 Å². The Morgan fingerprint density at radius 1 is 0.762 bits per heavy atom. The van der Waals surface area contributed by atoms with Gasteiger partial charge in [0.15, 0.2) is 0 Å². The van der Waals surface area contributed by atoms with E-state index in [4.69, 9.17) is 9.97 Å².